The molecular formula is C40H52N4O3. The summed E-state index contributed by atoms with van der Waals surface area (Å²) in [5.74, 6) is -0.122. The minimum atomic E-state index is -0.802. The average molecular weight is 637 g/mol. The third-order valence-electron chi connectivity index (χ3n) is 9.50. The SMILES string of the molecule is CNC(C)(C)C/C=C/C(=O)N(C)[C@H](Cc1ccc(-c2ccccc2)cc1)C(=O)N(C)[C@H](Cc1ccccc1)C(=O)N1CCCC(C)C1. The van der Waals surface area contributed by atoms with Crippen LogP contribution in [0.2, 0.25) is 0 Å². The molecule has 0 bridgehead atoms. The third kappa shape index (κ3) is 9.88. The number of piperidine rings is 1. The zero-order valence-electron chi connectivity index (χ0n) is 29.0. The average Bonchev–Trinajstić information content (AvgIpc) is 3.09. The molecule has 0 saturated carbocycles. The minimum absolute atomic E-state index is 0.0367. The molecule has 1 N–H and O–H groups in total. The maximum atomic E-state index is 14.6. The zero-order valence-corrected chi connectivity index (χ0v) is 29.0. The first-order chi connectivity index (χ1) is 22.5. The van der Waals surface area contributed by atoms with Crippen LogP contribution < -0.4 is 5.32 Å². The van der Waals surface area contributed by atoms with Gasteiger partial charge in [0.15, 0.2) is 0 Å². The Balaban J connectivity index is 1.64. The van der Waals surface area contributed by atoms with Crippen molar-refractivity contribution in [3.63, 3.8) is 0 Å². The van der Waals surface area contributed by atoms with Gasteiger partial charge in [0, 0.05) is 45.6 Å². The molecule has 0 radical (unpaired) electrons. The van der Waals surface area contributed by atoms with Crippen LogP contribution in [0, 0.1) is 5.92 Å². The number of carbonyl (C=O) groups is 3. The number of amides is 3. The van der Waals surface area contributed by atoms with Gasteiger partial charge in [-0.1, -0.05) is 97.9 Å². The quantitative estimate of drug-likeness (QED) is 0.234. The molecule has 250 valence electrons. The fraction of sp³-hybridized carbons (Fsp3) is 0.425. The van der Waals surface area contributed by atoms with E-state index >= 15 is 0 Å². The molecule has 3 atom stereocenters. The van der Waals surface area contributed by atoms with Crippen LogP contribution in [0.15, 0.2) is 97.1 Å². The summed E-state index contributed by atoms with van der Waals surface area (Å²) in [7, 11) is 5.30. The first-order valence-electron chi connectivity index (χ1n) is 16.8. The Hall–Kier alpha value is -4.23. The normalized spacial score (nSPS) is 16.5. The van der Waals surface area contributed by atoms with Crippen molar-refractivity contribution in [1.29, 1.82) is 0 Å². The monoisotopic (exact) mass is 636 g/mol. The molecular weight excluding hydrogens is 584 g/mol. The maximum absolute atomic E-state index is 14.6. The molecule has 7 heteroatoms. The number of hydrogen-bond donors (Lipinski definition) is 1. The molecule has 1 unspecified atom stereocenters. The van der Waals surface area contributed by atoms with E-state index in [1.807, 2.05) is 78.7 Å². The summed E-state index contributed by atoms with van der Waals surface area (Å²) in [4.78, 5) is 47.3. The lowest BCUT2D eigenvalue weighted by Gasteiger charge is -2.38. The second-order valence-electron chi connectivity index (χ2n) is 13.7. The zero-order chi connectivity index (χ0) is 34.0. The highest BCUT2D eigenvalue weighted by atomic mass is 16.2. The van der Waals surface area contributed by atoms with E-state index in [0.29, 0.717) is 38.3 Å². The van der Waals surface area contributed by atoms with E-state index in [2.05, 4.69) is 50.4 Å². The highest BCUT2D eigenvalue weighted by molar-refractivity contribution is 5.95. The predicted molar refractivity (Wildman–Crippen MR) is 191 cm³/mol. The number of rotatable bonds is 13. The van der Waals surface area contributed by atoms with Gasteiger partial charge in [0.2, 0.25) is 17.7 Å². The third-order valence-corrected chi connectivity index (χ3v) is 9.50. The van der Waals surface area contributed by atoms with Gasteiger partial charge < -0.3 is 20.0 Å². The van der Waals surface area contributed by atoms with Crippen LogP contribution in [0.5, 0.6) is 0 Å². The van der Waals surface area contributed by atoms with Gasteiger partial charge in [-0.2, -0.15) is 0 Å². The largest absolute Gasteiger partial charge is 0.341 e. The second-order valence-corrected chi connectivity index (χ2v) is 13.7. The van der Waals surface area contributed by atoms with Gasteiger partial charge in [0.25, 0.3) is 0 Å². The summed E-state index contributed by atoms with van der Waals surface area (Å²) in [6.07, 6.45) is 6.85. The number of nitrogens with zero attached hydrogens (tertiary/aromatic N) is 3. The van der Waals surface area contributed by atoms with Crippen LogP contribution in [0.1, 0.15) is 51.2 Å². The van der Waals surface area contributed by atoms with Gasteiger partial charge in [-0.15, -0.1) is 0 Å². The topological polar surface area (TPSA) is 73.0 Å². The van der Waals surface area contributed by atoms with Crippen molar-refractivity contribution in [2.75, 3.05) is 34.2 Å². The molecule has 7 nitrogen and oxygen atoms in total. The molecule has 3 aromatic carbocycles. The number of nitrogens with one attached hydrogen (secondary N) is 1. The lowest BCUT2D eigenvalue weighted by molar-refractivity contribution is -0.149. The highest BCUT2D eigenvalue weighted by Gasteiger charge is 2.37. The van der Waals surface area contributed by atoms with Crippen LogP contribution >= 0.6 is 0 Å². The maximum Gasteiger partial charge on any atom is 0.246 e. The van der Waals surface area contributed by atoms with Crippen molar-refractivity contribution in [3.05, 3.63) is 108 Å². The molecule has 0 spiro atoms. The standard InChI is InChI=1S/C40H52N4O3/c1-30-15-14-26-44(29-30)39(47)36(27-31-16-9-7-10-17-31)43(6)38(46)35(42(5)37(45)20-13-25-40(2,3)41-4)28-32-21-23-34(24-22-32)33-18-11-8-12-19-33/h7-13,16-24,30,35-36,41H,14-15,25-29H2,1-6H3/b20-13+/t30?,35-,36-/m1/s1. The molecule has 4 rings (SSSR count). The smallest absolute Gasteiger partial charge is 0.246 e. The summed E-state index contributed by atoms with van der Waals surface area (Å²) >= 11 is 0. The molecule has 1 fully saturated rings. The Labute approximate surface area is 281 Å². The predicted octanol–water partition coefficient (Wildman–Crippen LogP) is 6.00. The van der Waals surface area contributed by atoms with Crippen molar-refractivity contribution in [2.24, 2.45) is 5.92 Å². The number of likely N-dealkylation sites (N-methyl/N-ethyl adjacent to an activating group) is 2. The fourth-order valence-electron chi connectivity index (χ4n) is 6.12. The Morgan fingerprint density at radius 1 is 0.851 bits per heavy atom. The summed E-state index contributed by atoms with van der Waals surface area (Å²) in [6, 6.07) is 26.7. The van der Waals surface area contributed by atoms with Crippen LogP contribution in [0.4, 0.5) is 0 Å². The Morgan fingerprint density at radius 2 is 1.43 bits per heavy atom. The van der Waals surface area contributed by atoms with Gasteiger partial charge in [0.1, 0.15) is 12.1 Å². The first kappa shape index (κ1) is 35.6. The Kier molecular flexibility index (Phi) is 12.5. The molecule has 0 aliphatic carbocycles. The Morgan fingerprint density at radius 3 is 2.04 bits per heavy atom. The Bertz CT molecular complexity index is 1490. The van der Waals surface area contributed by atoms with Crippen LogP contribution in [-0.2, 0) is 27.2 Å². The van der Waals surface area contributed by atoms with Crippen molar-refractivity contribution in [2.45, 2.75) is 70.5 Å². The fourth-order valence-corrected chi connectivity index (χ4v) is 6.12. The van der Waals surface area contributed by atoms with Crippen molar-refractivity contribution in [3.8, 4) is 11.1 Å². The highest BCUT2D eigenvalue weighted by Crippen LogP contribution is 2.23. The van der Waals surface area contributed by atoms with E-state index in [1.165, 1.54) is 4.90 Å². The summed E-state index contributed by atoms with van der Waals surface area (Å²) < 4.78 is 0. The van der Waals surface area contributed by atoms with Gasteiger partial charge in [-0.25, -0.2) is 0 Å². The van der Waals surface area contributed by atoms with Gasteiger partial charge in [-0.3, -0.25) is 14.4 Å². The molecule has 1 saturated heterocycles. The summed E-state index contributed by atoms with van der Waals surface area (Å²) in [5.41, 5.74) is 3.96. The number of likely N-dealkylation sites (tertiary alicyclic amines) is 1. The van der Waals surface area contributed by atoms with Gasteiger partial charge in [-0.05, 0) is 74.4 Å². The van der Waals surface area contributed by atoms with E-state index < -0.39 is 12.1 Å². The number of carbonyl (C=O) groups excluding carboxylic acids is 3. The van der Waals surface area contributed by atoms with Crippen LogP contribution in [0.25, 0.3) is 11.1 Å². The van der Waals surface area contributed by atoms with Crippen LogP contribution in [0.3, 0.4) is 0 Å². The van der Waals surface area contributed by atoms with Crippen molar-refractivity contribution < 1.29 is 14.4 Å². The van der Waals surface area contributed by atoms with E-state index in [9.17, 15) is 14.4 Å². The number of hydrogen-bond acceptors (Lipinski definition) is 4. The van der Waals surface area contributed by atoms with Crippen LogP contribution in [-0.4, -0.2) is 84.3 Å². The van der Waals surface area contributed by atoms with Crippen molar-refractivity contribution >= 4 is 17.7 Å². The molecule has 1 aliphatic heterocycles. The first-order valence-corrected chi connectivity index (χ1v) is 16.8. The molecule has 3 aromatic rings. The van der Waals surface area contributed by atoms with E-state index in [1.54, 1.807) is 25.1 Å². The summed E-state index contributed by atoms with van der Waals surface area (Å²) in [5, 5.41) is 3.25. The molecule has 47 heavy (non-hydrogen) atoms. The second kappa shape index (κ2) is 16.6. The van der Waals surface area contributed by atoms with Gasteiger partial charge in [0.05, 0.1) is 0 Å². The minimum Gasteiger partial charge on any atom is -0.341 e. The van der Waals surface area contributed by atoms with E-state index in [4.69, 9.17) is 0 Å². The van der Waals surface area contributed by atoms with Gasteiger partial charge >= 0.3 is 0 Å². The van der Waals surface area contributed by atoms with Crippen molar-refractivity contribution in [1.82, 2.24) is 20.0 Å². The molecule has 1 aliphatic rings. The molecule has 3 amide bonds. The molecule has 1 heterocycles. The lowest BCUT2D eigenvalue weighted by Crippen LogP contribution is -2.57. The molecule has 0 aromatic heterocycles. The number of benzene rings is 3. The van der Waals surface area contributed by atoms with E-state index in [-0.39, 0.29) is 23.3 Å². The summed E-state index contributed by atoms with van der Waals surface area (Å²) in [6.45, 7) is 7.69. The van der Waals surface area contributed by atoms with E-state index in [0.717, 1.165) is 35.1 Å². The lowest BCUT2D eigenvalue weighted by atomic mass is 9.96.